The molecule has 0 aromatic heterocycles. The Morgan fingerprint density at radius 3 is 2.11 bits per heavy atom. The van der Waals surface area contributed by atoms with Crippen molar-refractivity contribution in [1.82, 2.24) is 0 Å². The van der Waals surface area contributed by atoms with Crippen LogP contribution in [0.4, 0.5) is 0 Å². The first kappa shape index (κ1) is 26.6. The minimum absolute atomic E-state index is 0.00244. The third kappa shape index (κ3) is 6.16. The van der Waals surface area contributed by atoms with Crippen molar-refractivity contribution in [3.63, 3.8) is 0 Å². The van der Waals surface area contributed by atoms with Crippen molar-refractivity contribution in [1.29, 1.82) is 0 Å². The number of rotatable bonds is 10. The molecule has 0 fully saturated rings. The van der Waals surface area contributed by atoms with Crippen molar-refractivity contribution >= 4 is 11.9 Å². The number of esters is 2. The number of phenols is 1. The Labute approximate surface area is 211 Å². The largest absolute Gasteiger partial charge is 0.504 e. The Balaban J connectivity index is 1.81. The van der Waals surface area contributed by atoms with Crippen molar-refractivity contribution in [3.05, 3.63) is 88.0 Å². The highest BCUT2D eigenvalue weighted by Gasteiger charge is 2.18. The third-order valence-electron chi connectivity index (χ3n) is 6.22. The van der Waals surface area contributed by atoms with Crippen LogP contribution < -0.4 is 9.47 Å². The van der Waals surface area contributed by atoms with E-state index in [4.69, 9.17) is 18.9 Å². The van der Waals surface area contributed by atoms with Crippen molar-refractivity contribution in [3.8, 4) is 17.2 Å². The molecule has 7 nitrogen and oxygen atoms in total. The van der Waals surface area contributed by atoms with Gasteiger partial charge in [-0.1, -0.05) is 38.1 Å². The second kappa shape index (κ2) is 12.1. The summed E-state index contributed by atoms with van der Waals surface area (Å²) in [5.74, 6) is -0.0735. The summed E-state index contributed by atoms with van der Waals surface area (Å²) in [7, 11) is 2.96. The molecule has 3 aromatic rings. The molecule has 1 atom stereocenters. The number of hydrogen-bond acceptors (Lipinski definition) is 7. The van der Waals surface area contributed by atoms with E-state index in [2.05, 4.69) is 13.8 Å². The average Bonchev–Trinajstić information content (AvgIpc) is 2.90. The van der Waals surface area contributed by atoms with Crippen LogP contribution in [0.5, 0.6) is 17.2 Å². The van der Waals surface area contributed by atoms with Gasteiger partial charge in [0.25, 0.3) is 0 Å². The molecular formula is C29H32O7. The third-order valence-corrected chi connectivity index (χ3v) is 6.22. The number of benzene rings is 3. The molecule has 0 bridgehead atoms. The molecule has 0 amide bonds. The quantitative estimate of drug-likeness (QED) is 0.350. The fourth-order valence-electron chi connectivity index (χ4n) is 3.85. The van der Waals surface area contributed by atoms with E-state index in [0.29, 0.717) is 11.3 Å². The van der Waals surface area contributed by atoms with E-state index in [1.54, 1.807) is 19.2 Å². The molecule has 190 valence electrons. The molecule has 0 aliphatic carbocycles. The molecule has 0 saturated heterocycles. The van der Waals surface area contributed by atoms with Gasteiger partial charge in [-0.3, -0.25) is 0 Å². The Morgan fingerprint density at radius 2 is 1.47 bits per heavy atom. The number of phenolic OH excluding ortho intramolecular Hbond substituents is 1. The van der Waals surface area contributed by atoms with E-state index in [-0.39, 0.29) is 36.2 Å². The number of methoxy groups -OCH3 is 2. The summed E-state index contributed by atoms with van der Waals surface area (Å²) < 4.78 is 21.6. The van der Waals surface area contributed by atoms with Crippen molar-refractivity contribution in [2.45, 2.75) is 46.3 Å². The molecular weight excluding hydrogens is 460 g/mol. The first-order chi connectivity index (χ1) is 17.3. The number of ether oxygens (including phenoxy) is 4. The number of aromatic hydroxyl groups is 1. The van der Waals surface area contributed by atoms with Crippen LogP contribution in [-0.4, -0.2) is 31.3 Å². The summed E-state index contributed by atoms with van der Waals surface area (Å²) >= 11 is 0. The van der Waals surface area contributed by atoms with Gasteiger partial charge in [-0.05, 0) is 71.8 Å². The van der Waals surface area contributed by atoms with E-state index in [9.17, 15) is 14.7 Å². The number of hydrogen-bond donors (Lipinski definition) is 1. The second-order valence-electron chi connectivity index (χ2n) is 8.52. The number of aryl methyl sites for hydroxylation is 1. The Kier molecular flexibility index (Phi) is 8.95. The molecule has 3 rings (SSSR count). The Morgan fingerprint density at radius 1 is 0.861 bits per heavy atom. The van der Waals surface area contributed by atoms with E-state index in [0.717, 1.165) is 28.7 Å². The lowest BCUT2D eigenvalue weighted by molar-refractivity contribution is 0.0434. The van der Waals surface area contributed by atoms with Crippen LogP contribution in [0.25, 0.3) is 0 Å². The topological polar surface area (TPSA) is 91.3 Å². The highest BCUT2D eigenvalue weighted by Crippen LogP contribution is 2.29. The van der Waals surface area contributed by atoms with Crippen LogP contribution in [0.1, 0.15) is 69.2 Å². The molecule has 1 unspecified atom stereocenters. The minimum atomic E-state index is -0.558. The van der Waals surface area contributed by atoms with Gasteiger partial charge in [0.2, 0.25) is 0 Å². The summed E-state index contributed by atoms with van der Waals surface area (Å²) in [6, 6.07) is 15.2. The molecule has 36 heavy (non-hydrogen) atoms. The fourth-order valence-corrected chi connectivity index (χ4v) is 3.85. The van der Waals surface area contributed by atoms with E-state index >= 15 is 0 Å². The highest BCUT2D eigenvalue weighted by molar-refractivity contribution is 5.90. The van der Waals surface area contributed by atoms with Crippen molar-refractivity contribution in [2.75, 3.05) is 14.2 Å². The molecule has 7 heteroatoms. The molecule has 0 aliphatic heterocycles. The SMILES string of the molecule is CCC(C)c1cccc(COC(=O)c2ccc(O)c(OC)c2)c1COC(=O)c1ccc(C)c(OC)c1. The zero-order valence-corrected chi connectivity index (χ0v) is 21.3. The average molecular weight is 493 g/mol. The van der Waals surface area contributed by atoms with Crippen LogP contribution in [0.3, 0.4) is 0 Å². The summed E-state index contributed by atoms with van der Waals surface area (Å²) in [6.07, 6.45) is 0.895. The fraction of sp³-hybridized carbons (Fsp3) is 0.310. The summed E-state index contributed by atoms with van der Waals surface area (Å²) in [6.45, 7) is 6.12. The maximum absolute atomic E-state index is 12.8. The van der Waals surface area contributed by atoms with Gasteiger partial charge in [0.15, 0.2) is 11.5 Å². The lowest BCUT2D eigenvalue weighted by Crippen LogP contribution is -2.12. The Hall–Kier alpha value is -4.00. The van der Waals surface area contributed by atoms with Crippen LogP contribution in [0.15, 0.2) is 54.6 Å². The Bertz CT molecular complexity index is 1230. The summed E-state index contributed by atoms with van der Waals surface area (Å²) in [4.78, 5) is 25.5. The lowest BCUT2D eigenvalue weighted by Gasteiger charge is -2.19. The van der Waals surface area contributed by atoms with Crippen molar-refractivity contribution in [2.24, 2.45) is 0 Å². The van der Waals surface area contributed by atoms with Gasteiger partial charge in [-0.25, -0.2) is 9.59 Å². The first-order valence-electron chi connectivity index (χ1n) is 11.8. The maximum atomic E-state index is 12.8. The predicted molar refractivity (Wildman–Crippen MR) is 136 cm³/mol. The minimum Gasteiger partial charge on any atom is -0.504 e. The van der Waals surface area contributed by atoms with Crippen LogP contribution in [0.2, 0.25) is 0 Å². The van der Waals surface area contributed by atoms with E-state index in [1.807, 2.05) is 31.2 Å². The zero-order valence-electron chi connectivity index (χ0n) is 21.3. The molecule has 0 heterocycles. The van der Waals surface area contributed by atoms with Gasteiger partial charge in [0, 0.05) is 0 Å². The summed E-state index contributed by atoms with van der Waals surface area (Å²) in [5, 5.41) is 9.77. The predicted octanol–water partition coefficient (Wildman–Crippen LogP) is 5.95. The van der Waals surface area contributed by atoms with Gasteiger partial charge in [0.1, 0.15) is 19.0 Å². The monoisotopic (exact) mass is 492 g/mol. The van der Waals surface area contributed by atoms with Gasteiger partial charge in [0.05, 0.1) is 25.3 Å². The van der Waals surface area contributed by atoms with Gasteiger partial charge >= 0.3 is 11.9 Å². The first-order valence-corrected chi connectivity index (χ1v) is 11.8. The van der Waals surface area contributed by atoms with Crippen LogP contribution in [-0.2, 0) is 22.7 Å². The molecule has 3 aromatic carbocycles. The van der Waals surface area contributed by atoms with E-state index < -0.39 is 11.9 Å². The van der Waals surface area contributed by atoms with Crippen molar-refractivity contribution < 1.29 is 33.6 Å². The van der Waals surface area contributed by atoms with Gasteiger partial charge in [-0.15, -0.1) is 0 Å². The molecule has 0 radical (unpaired) electrons. The summed E-state index contributed by atoms with van der Waals surface area (Å²) in [5.41, 5.74) is 4.17. The molecule has 0 saturated carbocycles. The van der Waals surface area contributed by atoms with Crippen LogP contribution in [0, 0.1) is 6.92 Å². The number of carbonyl (C=O) groups is 2. The van der Waals surface area contributed by atoms with Gasteiger partial charge in [-0.2, -0.15) is 0 Å². The normalized spacial score (nSPS) is 11.5. The zero-order chi connectivity index (χ0) is 26.2. The maximum Gasteiger partial charge on any atom is 0.338 e. The van der Waals surface area contributed by atoms with E-state index in [1.165, 1.54) is 25.3 Å². The molecule has 0 spiro atoms. The highest BCUT2D eigenvalue weighted by atomic mass is 16.5. The lowest BCUT2D eigenvalue weighted by atomic mass is 9.91. The smallest absolute Gasteiger partial charge is 0.338 e. The number of carbonyl (C=O) groups excluding carboxylic acids is 2. The van der Waals surface area contributed by atoms with Crippen LogP contribution >= 0.6 is 0 Å². The molecule has 1 N–H and O–H groups in total. The molecule has 0 aliphatic rings. The second-order valence-corrected chi connectivity index (χ2v) is 8.52. The standard InChI is InChI=1S/C29H32O7/c1-6-18(2)23-9-7-8-22(16-35-28(31)21-12-13-25(30)27(15-21)34-5)24(23)17-36-29(32)20-11-10-19(3)26(14-20)33-4/h7-15,18,30H,6,16-17H2,1-5H3. The van der Waals surface area contributed by atoms with Gasteiger partial charge < -0.3 is 24.1 Å².